The third kappa shape index (κ3) is 4.45. The molecule has 3 rings (SSSR count). The van der Waals surface area contributed by atoms with E-state index in [2.05, 4.69) is 10.2 Å². The Morgan fingerprint density at radius 1 is 1.12 bits per heavy atom. The summed E-state index contributed by atoms with van der Waals surface area (Å²) in [5.74, 6) is -0.223. The minimum Gasteiger partial charge on any atom is -0.379 e. The summed E-state index contributed by atoms with van der Waals surface area (Å²) >= 11 is 0. The zero-order chi connectivity index (χ0) is 17.7. The first-order valence-corrected chi connectivity index (χ1v) is 8.60. The van der Waals surface area contributed by atoms with Crippen LogP contribution in [-0.2, 0) is 21.6 Å². The van der Waals surface area contributed by atoms with Crippen molar-refractivity contribution in [2.24, 2.45) is 5.73 Å². The summed E-state index contributed by atoms with van der Waals surface area (Å²) in [4.78, 5) is 14.9. The first-order valence-electron chi connectivity index (χ1n) is 8.60. The van der Waals surface area contributed by atoms with Crippen LogP contribution in [0.3, 0.4) is 0 Å². The summed E-state index contributed by atoms with van der Waals surface area (Å²) in [5, 5.41) is 2.91. The standard InChI is InChI=1S/C20H25N3O2/c1-20(21,17-5-3-2-4-6-17)19(24)22-18-9-7-16(8-10-18)15-23-11-13-25-14-12-23/h2-10H,11-15,21H2,1H3,(H,22,24). The minimum atomic E-state index is -1.08. The zero-order valence-corrected chi connectivity index (χ0v) is 14.6. The van der Waals surface area contributed by atoms with Gasteiger partial charge in [0.2, 0.25) is 5.91 Å². The predicted molar refractivity (Wildman–Crippen MR) is 99.1 cm³/mol. The number of rotatable bonds is 5. The highest BCUT2D eigenvalue weighted by atomic mass is 16.5. The van der Waals surface area contributed by atoms with Crippen molar-refractivity contribution in [3.05, 3.63) is 65.7 Å². The molecule has 1 fully saturated rings. The highest BCUT2D eigenvalue weighted by Gasteiger charge is 2.30. The Morgan fingerprint density at radius 3 is 2.40 bits per heavy atom. The first kappa shape index (κ1) is 17.6. The summed E-state index contributed by atoms with van der Waals surface area (Å²) in [6, 6.07) is 17.3. The number of amides is 1. The number of hydrogen-bond acceptors (Lipinski definition) is 4. The topological polar surface area (TPSA) is 67.6 Å². The molecule has 0 bridgehead atoms. The van der Waals surface area contributed by atoms with Crippen molar-refractivity contribution in [3.63, 3.8) is 0 Å². The minimum absolute atomic E-state index is 0.223. The van der Waals surface area contributed by atoms with Crippen LogP contribution in [0.25, 0.3) is 0 Å². The normalized spacial score (nSPS) is 17.7. The molecule has 1 atom stereocenters. The molecular weight excluding hydrogens is 314 g/mol. The zero-order valence-electron chi connectivity index (χ0n) is 14.6. The highest BCUT2D eigenvalue weighted by Crippen LogP contribution is 2.20. The molecule has 3 N–H and O–H groups in total. The number of nitrogens with one attached hydrogen (secondary N) is 1. The molecule has 2 aromatic carbocycles. The first-order chi connectivity index (χ1) is 12.1. The van der Waals surface area contributed by atoms with Crippen molar-refractivity contribution in [1.82, 2.24) is 4.90 Å². The lowest BCUT2D eigenvalue weighted by atomic mass is 9.92. The van der Waals surface area contributed by atoms with E-state index in [1.807, 2.05) is 54.6 Å². The molecule has 1 aliphatic heterocycles. The van der Waals surface area contributed by atoms with Crippen molar-refractivity contribution in [2.45, 2.75) is 19.0 Å². The Hall–Kier alpha value is -2.21. The number of nitrogens with zero attached hydrogens (tertiary/aromatic N) is 1. The smallest absolute Gasteiger partial charge is 0.248 e. The summed E-state index contributed by atoms with van der Waals surface area (Å²) in [5.41, 5.74) is 7.94. The highest BCUT2D eigenvalue weighted by molar-refractivity contribution is 5.98. The van der Waals surface area contributed by atoms with Crippen molar-refractivity contribution in [2.75, 3.05) is 31.6 Å². The molecule has 25 heavy (non-hydrogen) atoms. The lowest BCUT2D eigenvalue weighted by molar-refractivity contribution is -0.120. The fourth-order valence-corrected chi connectivity index (χ4v) is 2.89. The van der Waals surface area contributed by atoms with Gasteiger partial charge in [-0.2, -0.15) is 0 Å². The summed E-state index contributed by atoms with van der Waals surface area (Å²) in [7, 11) is 0. The maximum Gasteiger partial charge on any atom is 0.248 e. The van der Waals surface area contributed by atoms with E-state index in [4.69, 9.17) is 10.5 Å². The van der Waals surface area contributed by atoms with Crippen LogP contribution >= 0.6 is 0 Å². The maximum absolute atomic E-state index is 12.6. The van der Waals surface area contributed by atoms with Crippen LogP contribution in [0.15, 0.2) is 54.6 Å². The summed E-state index contributed by atoms with van der Waals surface area (Å²) in [6.45, 7) is 6.13. The monoisotopic (exact) mass is 339 g/mol. The Morgan fingerprint density at radius 2 is 1.76 bits per heavy atom. The third-order valence-electron chi connectivity index (χ3n) is 4.57. The number of benzene rings is 2. The molecule has 1 aliphatic rings. The number of ether oxygens (including phenoxy) is 1. The van der Waals surface area contributed by atoms with Crippen LogP contribution < -0.4 is 11.1 Å². The predicted octanol–water partition coefficient (Wildman–Crippen LogP) is 2.33. The van der Waals surface area contributed by atoms with Gasteiger partial charge < -0.3 is 15.8 Å². The van der Waals surface area contributed by atoms with Crippen LogP contribution in [0.4, 0.5) is 5.69 Å². The molecule has 5 nitrogen and oxygen atoms in total. The van der Waals surface area contributed by atoms with Gasteiger partial charge in [0.15, 0.2) is 0 Å². The van der Waals surface area contributed by atoms with Gasteiger partial charge in [-0.3, -0.25) is 9.69 Å². The molecule has 1 heterocycles. The number of hydrogen-bond donors (Lipinski definition) is 2. The summed E-state index contributed by atoms with van der Waals surface area (Å²) < 4.78 is 5.37. The van der Waals surface area contributed by atoms with Gasteiger partial charge in [0, 0.05) is 25.3 Å². The number of nitrogens with two attached hydrogens (primary N) is 1. The van der Waals surface area contributed by atoms with Gasteiger partial charge in [0.1, 0.15) is 5.54 Å². The molecule has 0 spiro atoms. The van der Waals surface area contributed by atoms with Gasteiger partial charge in [-0.05, 0) is 30.2 Å². The van der Waals surface area contributed by atoms with Gasteiger partial charge in [-0.25, -0.2) is 0 Å². The Balaban J connectivity index is 1.61. The van der Waals surface area contributed by atoms with Gasteiger partial charge in [0.25, 0.3) is 0 Å². The Bertz CT molecular complexity index is 693. The molecule has 1 unspecified atom stereocenters. The number of morpholine rings is 1. The average molecular weight is 339 g/mol. The second-order valence-electron chi connectivity index (χ2n) is 6.61. The van der Waals surface area contributed by atoms with Crippen LogP contribution in [0.2, 0.25) is 0 Å². The summed E-state index contributed by atoms with van der Waals surface area (Å²) in [6.07, 6.45) is 0. The lowest BCUT2D eigenvalue weighted by Crippen LogP contribution is -2.45. The van der Waals surface area contributed by atoms with Crippen molar-refractivity contribution >= 4 is 11.6 Å². The van der Waals surface area contributed by atoms with E-state index < -0.39 is 5.54 Å². The number of carbonyl (C=O) groups excluding carboxylic acids is 1. The van der Waals surface area contributed by atoms with Gasteiger partial charge >= 0.3 is 0 Å². The van der Waals surface area contributed by atoms with Crippen molar-refractivity contribution in [3.8, 4) is 0 Å². The van der Waals surface area contributed by atoms with E-state index in [1.54, 1.807) is 6.92 Å². The molecule has 0 aromatic heterocycles. The van der Waals surface area contributed by atoms with E-state index in [1.165, 1.54) is 5.56 Å². The van der Waals surface area contributed by atoms with E-state index in [0.29, 0.717) is 0 Å². The molecule has 0 saturated carbocycles. The molecule has 2 aromatic rings. The molecule has 0 radical (unpaired) electrons. The molecule has 0 aliphatic carbocycles. The van der Waals surface area contributed by atoms with Crippen molar-refractivity contribution < 1.29 is 9.53 Å². The van der Waals surface area contributed by atoms with E-state index in [9.17, 15) is 4.79 Å². The fraction of sp³-hybridized carbons (Fsp3) is 0.350. The van der Waals surface area contributed by atoms with Crippen LogP contribution in [0.1, 0.15) is 18.1 Å². The number of anilines is 1. The third-order valence-corrected chi connectivity index (χ3v) is 4.57. The van der Waals surface area contributed by atoms with E-state index in [-0.39, 0.29) is 5.91 Å². The van der Waals surface area contributed by atoms with Gasteiger partial charge in [-0.15, -0.1) is 0 Å². The van der Waals surface area contributed by atoms with Crippen LogP contribution in [0.5, 0.6) is 0 Å². The Labute approximate surface area is 148 Å². The molecule has 1 saturated heterocycles. The molecular formula is C20H25N3O2. The van der Waals surface area contributed by atoms with E-state index in [0.717, 1.165) is 44.1 Å². The second-order valence-corrected chi connectivity index (χ2v) is 6.61. The SMILES string of the molecule is CC(N)(C(=O)Nc1ccc(CN2CCOCC2)cc1)c1ccccc1. The number of carbonyl (C=O) groups is 1. The maximum atomic E-state index is 12.6. The van der Waals surface area contributed by atoms with Gasteiger partial charge in [0.05, 0.1) is 13.2 Å². The quantitative estimate of drug-likeness (QED) is 0.877. The van der Waals surface area contributed by atoms with Crippen LogP contribution in [-0.4, -0.2) is 37.1 Å². The van der Waals surface area contributed by atoms with Gasteiger partial charge in [-0.1, -0.05) is 42.5 Å². The Kier molecular flexibility index (Phi) is 5.48. The molecule has 132 valence electrons. The largest absolute Gasteiger partial charge is 0.379 e. The van der Waals surface area contributed by atoms with Crippen LogP contribution in [0, 0.1) is 0 Å². The van der Waals surface area contributed by atoms with E-state index >= 15 is 0 Å². The lowest BCUT2D eigenvalue weighted by Gasteiger charge is -2.26. The molecule has 5 heteroatoms. The second kappa shape index (κ2) is 7.78. The van der Waals surface area contributed by atoms with Crippen molar-refractivity contribution in [1.29, 1.82) is 0 Å². The molecule has 1 amide bonds. The fourth-order valence-electron chi connectivity index (χ4n) is 2.89. The average Bonchev–Trinajstić information content (AvgIpc) is 2.65.